The van der Waals surface area contributed by atoms with Crippen LogP contribution in [-0.4, -0.2) is 29.6 Å². The predicted octanol–water partition coefficient (Wildman–Crippen LogP) is 2.57. The van der Waals surface area contributed by atoms with Gasteiger partial charge in [0.1, 0.15) is 4.99 Å². The van der Waals surface area contributed by atoms with Gasteiger partial charge in [-0.05, 0) is 42.9 Å². The standard InChI is InChI=1S/C13H18N2S2/c1-9-7-10(3-4-12(9)13(14)16)15(2)11-5-6-17-8-11/h3-4,7,11H,5-6,8H2,1-2H3,(H2,14,16). The highest BCUT2D eigenvalue weighted by molar-refractivity contribution is 7.99. The molecule has 0 radical (unpaired) electrons. The average Bonchev–Trinajstić information content (AvgIpc) is 2.80. The van der Waals surface area contributed by atoms with Crippen LogP contribution in [0.25, 0.3) is 0 Å². The second-order valence-corrected chi connectivity index (χ2v) is 6.08. The van der Waals surface area contributed by atoms with E-state index in [4.69, 9.17) is 18.0 Å². The van der Waals surface area contributed by atoms with Gasteiger partial charge in [0.2, 0.25) is 0 Å². The third kappa shape index (κ3) is 2.75. The molecule has 0 aromatic heterocycles. The zero-order chi connectivity index (χ0) is 12.4. The number of hydrogen-bond acceptors (Lipinski definition) is 3. The number of nitrogens with zero attached hydrogens (tertiary/aromatic N) is 1. The van der Waals surface area contributed by atoms with Crippen molar-refractivity contribution in [2.24, 2.45) is 5.73 Å². The van der Waals surface area contributed by atoms with E-state index in [1.165, 1.54) is 23.6 Å². The van der Waals surface area contributed by atoms with Crippen LogP contribution in [0.4, 0.5) is 5.69 Å². The molecule has 92 valence electrons. The Morgan fingerprint density at radius 2 is 2.29 bits per heavy atom. The van der Waals surface area contributed by atoms with Gasteiger partial charge >= 0.3 is 0 Å². The fourth-order valence-electron chi connectivity index (χ4n) is 2.18. The number of benzene rings is 1. The first kappa shape index (κ1) is 12.7. The van der Waals surface area contributed by atoms with Crippen LogP contribution < -0.4 is 10.6 Å². The summed E-state index contributed by atoms with van der Waals surface area (Å²) in [5.74, 6) is 2.51. The van der Waals surface area contributed by atoms with Crippen molar-refractivity contribution in [2.75, 3.05) is 23.5 Å². The largest absolute Gasteiger partial charge is 0.389 e. The van der Waals surface area contributed by atoms with E-state index in [1.807, 2.05) is 17.8 Å². The van der Waals surface area contributed by atoms with Gasteiger partial charge in [-0.3, -0.25) is 0 Å². The number of thioether (sulfide) groups is 1. The third-order valence-corrected chi connectivity index (χ3v) is 4.70. The van der Waals surface area contributed by atoms with Crippen LogP contribution in [0.2, 0.25) is 0 Å². The number of aryl methyl sites for hydroxylation is 1. The van der Waals surface area contributed by atoms with Crippen LogP contribution in [0.3, 0.4) is 0 Å². The van der Waals surface area contributed by atoms with E-state index in [0.29, 0.717) is 11.0 Å². The minimum absolute atomic E-state index is 0.480. The van der Waals surface area contributed by atoms with Crippen molar-refractivity contribution in [3.05, 3.63) is 29.3 Å². The summed E-state index contributed by atoms with van der Waals surface area (Å²) in [5, 5.41) is 0. The molecule has 1 heterocycles. The zero-order valence-electron chi connectivity index (χ0n) is 10.3. The molecule has 1 aliphatic rings. The Balaban J connectivity index is 2.21. The highest BCUT2D eigenvalue weighted by atomic mass is 32.2. The van der Waals surface area contributed by atoms with Crippen molar-refractivity contribution in [1.82, 2.24) is 0 Å². The van der Waals surface area contributed by atoms with Gasteiger partial charge in [0, 0.05) is 30.1 Å². The van der Waals surface area contributed by atoms with Crippen molar-refractivity contribution < 1.29 is 0 Å². The zero-order valence-corrected chi connectivity index (χ0v) is 11.9. The monoisotopic (exact) mass is 266 g/mol. The van der Waals surface area contributed by atoms with Crippen LogP contribution in [0, 0.1) is 6.92 Å². The minimum atomic E-state index is 0.480. The molecule has 17 heavy (non-hydrogen) atoms. The maximum atomic E-state index is 5.68. The summed E-state index contributed by atoms with van der Waals surface area (Å²) in [4.78, 5) is 2.85. The van der Waals surface area contributed by atoms with Gasteiger partial charge in [-0.15, -0.1) is 0 Å². The molecular weight excluding hydrogens is 248 g/mol. The van der Waals surface area contributed by atoms with E-state index < -0.39 is 0 Å². The lowest BCUT2D eigenvalue weighted by molar-refractivity contribution is 0.700. The van der Waals surface area contributed by atoms with E-state index in [0.717, 1.165) is 11.1 Å². The molecule has 1 unspecified atom stereocenters. The number of thiocarbonyl (C=S) groups is 1. The molecular formula is C13H18N2S2. The summed E-state index contributed by atoms with van der Waals surface area (Å²) in [7, 11) is 2.17. The number of hydrogen-bond donors (Lipinski definition) is 1. The molecule has 0 aliphatic carbocycles. The van der Waals surface area contributed by atoms with E-state index in [-0.39, 0.29) is 0 Å². The number of anilines is 1. The highest BCUT2D eigenvalue weighted by Crippen LogP contribution is 2.27. The fourth-order valence-corrected chi connectivity index (χ4v) is 3.68. The lowest BCUT2D eigenvalue weighted by atomic mass is 10.1. The first-order chi connectivity index (χ1) is 8.09. The topological polar surface area (TPSA) is 29.3 Å². The molecule has 0 amide bonds. The maximum Gasteiger partial charge on any atom is 0.104 e. The number of nitrogens with two attached hydrogens (primary N) is 1. The van der Waals surface area contributed by atoms with Crippen LogP contribution >= 0.6 is 24.0 Å². The van der Waals surface area contributed by atoms with Crippen LogP contribution in [0.5, 0.6) is 0 Å². The van der Waals surface area contributed by atoms with Crippen molar-refractivity contribution >= 4 is 34.7 Å². The molecule has 2 rings (SSSR count). The van der Waals surface area contributed by atoms with Gasteiger partial charge in [-0.25, -0.2) is 0 Å². The smallest absolute Gasteiger partial charge is 0.104 e. The van der Waals surface area contributed by atoms with E-state index in [9.17, 15) is 0 Å². The van der Waals surface area contributed by atoms with Gasteiger partial charge < -0.3 is 10.6 Å². The van der Waals surface area contributed by atoms with Crippen LogP contribution in [0.1, 0.15) is 17.5 Å². The van der Waals surface area contributed by atoms with Gasteiger partial charge in [0.05, 0.1) is 0 Å². The van der Waals surface area contributed by atoms with Crippen LogP contribution in [0.15, 0.2) is 18.2 Å². The Bertz CT molecular complexity index is 425. The average molecular weight is 266 g/mol. The lowest BCUT2D eigenvalue weighted by Crippen LogP contribution is -2.31. The van der Waals surface area contributed by atoms with Crippen molar-refractivity contribution in [2.45, 2.75) is 19.4 Å². The normalized spacial score (nSPS) is 19.3. The Labute approximate surface area is 113 Å². The van der Waals surface area contributed by atoms with E-state index >= 15 is 0 Å². The molecule has 0 bridgehead atoms. The molecule has 0 spiro atoms. The predicted molar refractivity (Wildman–Crippen MR) is 81.2 cm³/mol. The molecule has 1 aromatic rings. The molecule has 2 N–H and O–H groups in total. The first-order valence-corrected chi connectivity index (χ1v) is 7.37. The Hall–Kier alpha value is -0.740. The molecule has 1 aliphatic heterocycles. The Morgan fingerprint density at radius 3 is 2.82 bits per heavy atom. The van der Waals surface area contributed by atoms with Crippen molar-refractivity contribution in [3.63, 3.8) is 0 Å². The first-order valence-electron chi connectivity index (χ1n) is 5.80. The molecule has 4 heteroatoms. The Kier molecular flexibility index (Phi) is 3.94. The molecule has 2 nitrogen and oxygen atoms in total. The molecule has 1 saturated heterocycles. The summed E-state index contributed by atoms with van der Waals surface area (Å²) in [5.41, 5.74) is 9.08. The molecule has 1 atom stereocenters. The van der Waals surface area contributed by atoms with Gasteiger partial charge in [-0.1, -0.05) is 12.2 Å². The fraction of sp³-hybridized carbons (Fsp3) is 0.462. The van der Waals surface area contributed by atoms with Gasteiger partial charge in [0.25, 0.3) is 0 Å². The summed E-state index contributed by atoms with van der Waals surface area (Å²) < 4.78 is 0. The molecule has 0 saturated carbocycles. The molecule has 1 aromatic carbocycles. The number of rotatable bonds is 3. The summed E-state index contributed by atoms with van der Waals surface area (Å²) in [6.45, 7) is 2.06. The summed E-state index contributed by atoms with van der Waals surface area (Å²) in [6.07, 6.45) is 1.28. The second-order valence-electron chi connectivity index (χ2n) is 4.49. The van der Waals surface area contributed by atoms with Gasteiger partial charge in [-0.2, -0.15) is 11.8 Å². The van der Waals surface area contributed by atoms with Crippen molar-refractivity contribution in [1.29, 1.82) is 0 Å². The van der Waals surface area contributed by atoms with E-state index in [2.05, 4.69) is 31.0 Å². The van der Waals surface area contributed by atoms with Crippen molar-refractivity contribution in [3.8, 4) is 0 Å². The molecule has 1 fully saturated rings. The lowest BCUT2D eigenvalue weighted by Gasteiger charge is -2.26. The minimum Gasteiger partial charge on any atom is -0.389 e. The third-order valence-electron chi connectivity index (χ3n) is 3.34. The highest BCUT2D eigenvalue weighted by Gasteiger charge is 2.20. The Morgan fingerprint density at radius 1 is 1.53 bits per heavy atom. The quantitative estimate of drug-likeness (QED) is 0.852. The SMILES string of the molecule is Cc1cc(N(C)C2CCSC2)ccc1C(N)=S. The van der Waals surface area contributed by atoms with Gasteiger partial charge in [0.15, 0.2) is 0 Å². The summed E-state index contributed by atoms with van der Waals surface area (Å²) >= 11 is 7.06. The van der Waals surface area contributed by atoms with E-state index in [1.54, 1.807) is 0 Å². The maximum absolute atomic E-state index is 5.68. The second kappa shape index (κ2) is 5.27. The summed E-state index contributed by atoms with van der Waals surface area (Å²) in [6, 6.07) is 6.99. The van der Waals surface area contributed by atoms with Crippen LogP contribution in [-0.2, 0) is 0 Å².